The summed E-state index contributed by atoms with van der Waals surface area (Å²) in [5.41, 5.74) is 9.17. The molecule has 0 fully saturated rings. The molecule has 0 aromatic heterocycles. The van der Waals surface area contributed by atoms with Gasteiger partial charge in [-0.3, -0.25) is 5.01 Å². The van der Waals surface area contributed by atoms with Crippen molar-refractivity contribution in [1.29, 1.82) is 0 Å². The van der Waals surface area contributed by atoms with E-state index in [0.717, 1.165) is 35.7 Å². The first-order valence-electron chi connectivity index (χ1n) is 10.7. The molecule has 1 aliphatic heterocycles. The van der Waals surface area contributed by atoms with Gasteiger partial charge in [0.15, 0.2) is 0 Å². The first-order valence-corrected chi connectivity index (χ1v) is 11.1. The molecule has 0 radical (unpaired) electrons. The van der Waals surface area contributed by atoms with Gasteiger partial charge >= 0.3 is 0 Å². The fourth-order valence-corrected chi connectivity index (χ4v) is 3.77. The van der Waals surface area contributed by atoms with Gasteiger partial charge in [0.1, 0.15) is 0 Å². The van der Waals surface area contributed by atoms with E-state index in [-0.39, 0.29) is 6.04 Å². The molecule has 4 heteroatoms. The van der Waals surface area contributed by atoms with Crippen LogP contribution in [0.2, 0.25) is 5.02 Å². The van der Waals surface area contributed by atoms with E-state index in [0.29, 0.717) is 0 Å². The highest BCUT2D eigenvalue weighted by atomic mass is 35.5. The van der Waals surface area contributed by atoms with Crippen LogP contribution in [0.1, 0.15) is 36.9 Å². The molecule has 31 heavy (non-hydrogen) atoms. The van der Waals surface area contributed by atoms with Crippen molar-refractivity contribution >= 4 is 23.4 Å². The molecule has 158 valence electrons. The highest BCUT2D eigenvalue weighted by Crippen LogP contribution is 2.37. The van der Waals surface area contributed by atoms with E-state index in [1.165, 1.54) is 16.7 Å². The van der Waals surface area contributed by atoms with Gasteiger partial charge in [-0.2, -0.15) is 0 Å². The first-order chi connectivity index (χ1) is 15.3. The summed E-state index contributed by atoms with van der Waals surface area (Å²) in [7, 11) is 0. The highest BCUT2D eigenvalue weighted by molar-refractivity contribution is 6.30. The van der Waals surface area contributed by atoms with E-state index in [4.69, 9.17) is 16.3 Å². The van der Waals surface area contributed by atoms with Crippen LogP contribution in [0, 0.1) is 0 Å². The van der Waals surface area contributed by atoms with E-state index in [1.54, 1.807) is 6.26 Å². The number of hydrogen-bond donors (Lipinski definition) is 1. The molecule has 0 spiro atoms. The summed E-state index contributed by atoms with van der Waals surface area (Å²) in [5, 5.41) is 2.93. The van der Waals surface area contributed by atoms with Crippen LogP contribution >= 0.6 is 11.6 Å². The topological polar surface area (TPSA) is 24.5 Å². The maximum atomic E-state index is 6.08. The van der Waals surface area contributed by atoms with Gasteiger partial charge in [-0.05, 0) is 53.5 Å². The Morgan fingerprint density at radius 1 is 1.00 bits per heavy atom. The predicted molar refractivity (Wildman–Crippen MR) is 131 cm³/mol. The molecule has 0 bridgehead atoms. The number of nitrogens with one attached hydrogen (secondary N) is 1. The zero-order valence-corrected chi connectivity index (χ0v) is 18.4. The molecule has 1 aliphatic rings. The van der Waals surface area contributed by atoms with Crippen LogP contribution in [-0.4, -0.2) is 6.61 Å². The smallest absolute Gasteiger partial charge is 0.0952 e. The molecule has 3 nitrogen and oxygen atoms in total. The van der Waals surface area contributed by atoms with Crippen molar-refractivity contribution in [3.63, 3.8) is 0 Å². The van der Waals surface area contributed by atoms with Crippen molar-refractivity contribution < 1.29 is 4.74 Å². The number of hydrogen-bond acceptors (Lipinski definition) is 3. The van der Waals surface area contributed by atoms with Crippen molar-refractivity contribution in [3.8, 4) is 11.1 Å². The van der Waals surface area contributed by atoms with Gasteiger partial charge in [0.25, 0.3) is 0 Å². The van der Waals surface area contributed by atoms with Gasteiger partial charge in [-0.15, -0.1) is 0 Å². The van der Waals surface area contributed by atoms with Gasteiger partial charge in [0.2, 0.25) is 0 Å². The minimum absolute atomic E-state index is 0.0980. The molecule has 3 aromatic carbocycles. The van der Waals surface area contributed by atoms with Gasteiger partial charge in [0.05, 0.1) is 24.6 Å². The van der Waals surface area contributed by atoms with E-state index < -0.39 is 0 Å². The van der Waals surface area contributed by atoms with Crippen LogP contribution in [-0.2, 0) is 4.74 Å². The van der Waals surface area contributed by atoms with Crippen LogP contribution in [0.15, 0.2) is 91.3 Å². The summed E-state index contributed by atoms with van der Waals surface area (Å²) in [6.45, 7) is 2.93. The zero-order valence-electron chi connectivity index (χ0n) is 17.7. The number of unbranched alkanes of at least 4 members (excludes halogenated alkanes) is 1. The Morgan fingerprint density at radius 3 is 2.55 bits per heavy atom. The number of hydrazine groups is 1. The Bertz CT molecular complexity index is 1040. The molecule has 1 heterocycles. The van der Waals surface area contributed by atoms with Crippen molar-refractivity contribution in [1.82, 2.24) is 5.43 Å². The Hall–Kier alpha value is -3.17. The number of anilines is 1. The quantitative estimate of drug-likeness (QED) is 0.298. The lowest BCUT2D eigenvalue weighted by Crippen LogP contribution is -2.32. The second-order valence-electron chi connectivity index (χ2n) is 7.52. The fourth-order valence-electron chi connectivity index (χ4n) is 3.64. The minimum Gasteiger partial charge on any atom is -0.501 e. The predicted octanol–water partition coefficient (Wildman–Crippen LogP) is 7.37. The summed E-state index contributed by atoms with van der Waals surface area (Å²) in [4.78, 5) is 0. The number of nitrogens with zero attached hydrogens (tertiary/aromatic N) is 1. The molecule has 1 atom stereocenters. The van der Waals surface area contributed by atoms with Crippen LogP contribution in [0.5, 0.6) is 0 Å². The molecule has 0 aliphatic carbocycles. The summed E-state index contributed by atoms with van der Waals surface area (Å²) < 4.78 is 5.53. The standard InChI is InChI=1S/C27H27ClN2O/c1-2-3-19-31-20-17-21-8-10-22(11-9-21)25-6-4-5-7-27(25)30-26(16-18-29-30)23-12-14-24(28)15-13-23/h4-18,20,26,29H,2-3,19H2,1H3. The average molecular weight is 431 g/mol. The molecule has 1 N–H and O–H groups in total. The van der Waals surface area contributed by atoms with Crippen molar-refractivity contribution in [3.05, 3.63) is 107 Å². The monoisotopic (exact) mass is 430 g/mol. The second-order valence-corrected chi connectivity index (χ2v) is 7.96. The Balaban J connectivity index is 1.55. The number of rotatable bonds is 8. The minimum atomic E-state index is 0.0980. The lowest BCUT2D eigenvalue weighted by molar-refractivity contribution is 0.246. The molecule has 0 saturated carbocycles. The molecular weight excluding hydrogens is 404 g/mol. The number of benzene rings is 3. The third kappa shape index (κ3) is 5.12. The van der Waals surface area contributed by atoms with Crippen LogP contribution < -0.4 is 10.4 Å². The first kappa shape index (κ1) is 21.1. The number of ether oxygens (including phenoxy) is 1. The Kier molecular flexibility index (Phi) is 6.96. The van der Waals surface area contributed by atoms with E-state index >= 15 is 0 Å². The molecule has 1 unspecified atom stereocenters. The van der Waals surface area contributed by atoms with E-state index in [9.17, 15) is 0 Å². The number of halogens is 1. The van der Waals surface area contributed by atoms with Crippen molar-refractivity contribution in [2.24, 2.45) is 0 Å². The third-order valence-electron chi connectivity index (χ3n) is 5.34. The maximum absolute atomic E-state index is 6.08. The number of para-hydroxylation sites is 1. The highest BCUT2D eigenvalue weighted by Gasteiger charge is 2.24. The molecule has 0 amide bonds. The van der Waals surface area contributed by atoms with Crippen LogP contribution in [0.25, 0.3) is 17.2 Å². The van der Waals surface area contributed by atoms with E-state index in [1.807, 2.05) is 24.4 Å². The summed E-state index contributed by atoms with van der Waals surface area (Å²) >= 11 is 6.08. The molecule has 0 saturated heterocycles. The van der Waals surface area contributed by atoms with Gasteiger partial charge in [0, 0.05) is 16.8 Å². The van der Waals surface area contributed by atoms with Gasteiger partial charge < -0.3 is 10.2 Å². The maximum Gasteiger partial charge on any atom is 0.0952 e. The van der Waals surface area contributed by atoms with E-state index in [2.05, 4.69) is 84.1 Å². The van der Waals surface area contributed by atoms with Crippen LogP contribution in [0.4, 0.5) is 5.69 Å². The van der Waals surface area contributed by atoms with Gasteiger partial charge in [-0.1, -0.05) is 79.5 Å². The van der Waals surface area contributed by atoms with Gasteiger partial charge in [-0.25, -0.2) is 0 Å². The lowest BCUT2D eigenvalue weighted by atomic mass is 10.00. The second kappa shape index (κ2) is 10.2. The molecule has 3 aromatic rings. The normalized spacial score (nSPS) is 15.4. The lowest BCUT2D eigenvalue weighted by Gasteiger charge is -2.29. The average Bonchev–Trinajstić information content (AvgIpc) is 3.30. The molecule has 4 rings (SSSR count). The van der Waals surface area contributed by atoms with Crippen LogP contribution in [0.3, 0.4) is 0 Å². The Labute approximate surface area is 189 Å². The summed E-state index contributed by atoms with van der Waals surface area (Å²) in [6, 6.07) is 25.1. The third-order valence-corrected chi connectivity index (χ3v) is 5.59. The Morgan fingerprint density at radius 2 is 1.77 bits per heavy atom. The fraction of sp³-hybridized carbons (Fsp3) is 0.185. The largest absolute Gasteiger partial charge is 0.501 e. The SMILES string of the molecule is CCCCOC=Cc1ccc(-c2ccccc2N2NC=CC2c2ccc(Cl)cc2)cc1. The summed E-state index contributed by atoms with van der Waals surface area (Å²) in [5.74, 6) is 0. The summed E-state index contributed by atoms with van der Waals surface area (Å²) in [6.07, 6.45) is 10.2. The zero-order chi connectivity index (χ0) is 21.5. The molecular formula is C27H27ClN2O. The van der Waals surface area contributed by atoms with Crippen molar-refractivity contribution in [2.45, 2.75) is 25.8 Å². The van der Waals surface area contributed by atoms with Crippen molar-refractivity contribution in [2.75, 3.05) is 11.6 Å².